The predicted molar refractivity (Wildman–Crippen MR) is 154 cm³/mol. The summed E-state index contributed by atoms with van der Waals surface area (Å²) in [7, 11) is 0. The van der Waals surface area contributed by atoms with E-state index in [9.17, 15) is 14.7 Å². The Hall–Kier alpha value is -1.27. The maximum atomic E-state index is 12.4. The highest BCUT2D eigenvalue weighted by atomic mass is 32.2. The smallest absolute Gasteiger partial charge is 0.304 e. The van der Waals surface area contributed by atoms with Crippen molar-refractivity contribution in [1.82, 2.24) is 0 Å². The highest BCUT2D eigenvalue weighted by Crippen LogP contribution is 2.67. The summed E-state index contributed by atoms with van der Waals surface area (Å²) in [5.41, 5.74) is 2.23. The third-order valence-electron chi connectivity index (χ3n) is 10.5. The van der Waals surface area contributed by atoms with Crippen LogP contribution in [0.4, 0.5) is 0 Å². The van der Waals surface area contributed by atoms with Crippen molar-refractivity contribution in [3.63, 3.8) is 0 Å². The monoisotopic (exact) mass is 546 g/mol. The first kappa shape index (κ1) is 29.7. The summed E-state index contributed by atoms with van der Waals surface area (Å²) in [5.74, 6) is 2.00. The van der Waals surface area contributed by atoms with Crippen LogP contribution in [0.25, 0.3) is 0 Å². The van der Waals surface area contributed by atoms with Gasteiger partial charge in [0, 0.05) is 32.1 Å². The highest BCUT2D eigenvalue weighted by Gasteiger charge is 2.61. The number of carbonyl (C=O) groups excluding carboxylic acids is 2. The van der Waals surface area contributed by atoms with Crippen LogP contribution in [-0.4, -0.2) is 39.4 Å². The normalized spacial score (nSPS) is 38.3. The third kappa shape index (κ3) is 5.64. The minimum Gasteiger partial charge on any atom is -0.461 e. The average Bonchev–Trinajstić information content (AvgIpc) is 3.14. The van der Waals surface area contributed by atoms with Gasteiger partial charge in [-0.1, -0.05) is 50.5 Å². The summed E-state index contributed by atoms with van der Waals surface area (Å²) in [6.07, 6.45) is 14.2. The highest BCUT2D eigenvalue weighted by molar-refractivity contribution is 8.00. The molecule has 7 atom stereocenters. The first-order valence-electron chi connectivity index (χ1n) is 14.9. The van der Waals surface area contributed by atoms with Crippen LogP contribution in [0.3, 0.4) is 0 Å². The van der Waals surface area contributed by atoms with Crippen LogP contribution in [0.15, 0.2) is 23.3 Å². The summed E-state index contributed by atoms with van der Waals surface area (Å²) in [5, 5.41) is 10.1. The van der Waals surface area contributed by atoms with E-state index in [-0.39, 0.29) is 23.5 Å². The second kappa shape index (κ2) is 11.0. The van der Waals surface area contributed by atoms with Gasteiger partial charge in [0.2, 0.25) is 0 Å². The molecule has 3 fully saturated rings. The molecule has 0 aliphatic heterocycles. The lowest BCUT2D eigenvalue weighted by Crippen LogP contribution is -2.56. The second-order valence-corrected chi connectivity index (χ2v) is 15.0. The van der Waals surface area contributed by atoms with Crippen molar-refractivity contribution in [3.8, 4) is 0 Å². The number of esters is 2. The molecular formula is C32H50O5S. The molecule has 214 valence electrons. The number of fused-ring (bicyclic) bond motifs is 5. The van der Waals surface area contributed by atoms with Gasteiger partial charge in [0.15, 0.2) is 4.93 Å². The molecule has 0 heterocycles. The maximum absolute atomic E-state index is 12.4. The molecular weight excluding hydrogens is 496 g/mol. The van der Waals surface area contributed by atoms with Crippen molar-refractivity contribution in [3.05, 3.63) is 23.3 Å². The molecule has 3 saturated carbocycles. The van der Waals surface area contributed by atoms with Crippen LogP contribution in [0.1, 0.15) is 113 Å². The van der Waals surface area contributed by atoms with E-state index in [0.29, 0.717) is 30.1 Å². The number of unbranched alkanes of at least 4 members (excludes halogenated alkanes) is 1. The number of ether oxygens (including phenoxy) is 2. The van der Waals surface area contributed by atoms with Crippen molar-refractivity contribution >= 4 is 23.7 Å². The molecule has 5 nitrogen and oxygen atoms in total. The number of hydrogen-bond donors (Lipinski definition) is 1. The van der Waals surface area contributed by atoms with Gasteiger partial charge in [0.1, 0.15) is 6.10 Å². The molecule has 0 spiro atoms. The topological polar surface area (TPSA) is 72.8 Å². The summed E-state index contributed by atoms with van der Waals surface area (Å²) in [4.78, 5) is 24.0. The fraction of sp³-hybridized carbons (Fsp3) is 0.812. The van der Waals surface area contributed by atoms with Crippen LogP contribution in [-0.2, 0) is 19.1 Å². The standard InChI is InChI=1S/C32H50O5S/c1-8-23-12-14-26-25-13-11-24-19-32(37-22(3)34,38-18-10-9-16-29(4,5)35)20-28(36-21(2)33)31(24,7)27(25)15-17-30(23,26)6/h11,13,23,26-28,35H,8-10,12,14-20H2,1-7H3/t23-,26-,27+,28-,30+,31-,32-/m0/s1. The van der Waals surface area contributed by atoms with Gasteiger partial charge < -0.3 is 14.6 Å². The Morgan fingerprint density at radius 1 is 1.08 bits per heavy atom. The van der Waals surface area contributed by atoms with Gasteiger partial charge in [-0.25, -0.2) is 0 Å². The van der Waals surface area contributed by atoms with Crippen LogP contribution in [0.5, 0.6) is 0 Å². The number of thioether (sulfide) groups is 1. The Labute approximate surface area is 234 Å². The lowest BCUT2D eigenvalue weighted by Gasteiger charge is -2.58. The molecule has 4 rings (SSSR count). The zero-order valence-electron chi connectivity index (χ0n) is 24.7. The Morgan fingerprint density at radius 2 is 1.82 bits per heavy atom. The van der Waals surface area contributed by atoms with E-state index >= 15 is 0 Å². The van der Waals surface area contributed by atoms with Gasteiger partial charge in [0.25, 0.3) is 0 Å². The lowest BCUT2D eigenvalue weighted by molar-refractivity contribution is -0.168. The van der Waals surface area contributed by atoms with E-state index in [1.165, 1.54) is 45.1 Å². The number of allylic oxidation sites excluding steroid dienone is 3. The van der Waals surface area contributed by atoms with E-state index in [0.717, 1.165) is 37.4 Å². The maximum Gasteiger partial charge on any atom is 0.304 e. The first-order valence-corrected chi connectivity index (χ1v) is 15.9. The van der Waals surface area contributed by atoms with Crippen molar-refractivity contribution in [1.29, 1.82) is 0 Å². The molecule has 0 saturated heterocycles. The third-order valence-corrected chi connectivity index (χ3v) is 11.9. The van der Waals surface area contributed by atoms with Crippen LogP contribution in [0, 0.1) is 28.6 Å². The largest absolute Gasteiger partial charge is 0.461 e. The number of rotatable bonds is 9. The molecule has 1 N–H and O–H groups in total. The molecule has 0 amide bonds. The molecule has 0 aromatic heterocycles. The van der Waals surface area contributed by atoms with Gasteiger partial charge in [0.05, 0.1) is 5.60 Å². The number of carbonyl (C=O) groups is 2. The minimum absolute atomic E-state index is 0.270. The average molecular weight is 547 g/mol. The van der Waals surface area contributed by atoms with Crippen molar-refractivity contribution < 1.29 is 24.2 Å². The van der Waals surface area contributed by atoms with Gasteiger partial charge in [-0.2, -0.15) is 0 Å². The number of aliphatic hydroxyl groups is 1. The summed E-state index contributed by atoms with van der Waals surface area (Å²) < 4.78 is 12.3. The summed E-state index contributed by atoms with van der Waals surface area (Å²) in [6.45, 7) is 13.8. The molecule has 0 radical (unpaired) electrons. The predicted octanol–water partition coefficient (Wildman–Crippen LogP) is 7.37. The molecule has 4 aliphatic carbocycles. The number of hydrogen-bond acceptors (Lipinski definition) is 6. The van der Waals surface area contributed by atoms with Gasteiger partial charge in [-0.15, -0.1) is 11.8 Å². The SMILES string of the molecule is CC[C@H]1CC[C@H]2C3=CC=C4C[C@](OC(C)=O)(SCCCCC(C)(C)O)C[C@H](OC(C)=O)[C@]4(C)[C@@H]3CC[C@]12C. The molecule has 6 heteroatoms. The van der Waals surface area contributed by atoms with E-state index in [2.05, 4.69) is 32.9 Å². The Morgan fingerprint density at radius 3 is 2.45 bits per heavy atom. The quantitative estimate of drug-likeness (QED) is 0.185. The van der Waals surface area contributed by atoms with Crippen molar-refractivity contribution in [2.75, 3.05) is 5.75 Å². The van der Waals surface area contributed by atoms with Gasteiger partial charge >= 0.3 is 11.9 Å². The van der Waals surface area contributed by atoms with Crippen LogP contribution < -0.4 is 0 Å². The fourth-order valence-electron chi connectivity index (χ4n) is 8.55. The van der Waals surface area contributed by atoms with Crippen LogP contribution >= 0.6 is 11.8 Å². The van der Waals surface area contributed by atoms with Crippen molar-refractivity contribution in [2.45, 2.75) is 129 Å². The molecule has 0 aromatic carbocycles. The molecule has 0 aromatic rings. The Balaban J connectivity index is 1.64. The molecule has 4 aliphatic rings. The zero-order chi connectivity index (χ0) is 27.9. The lowest BCUT2D eigenvalue weighted by atomic mass is 9.49. The van der Waals surface area contributed by atoms with E-state index in [1.807, 2.05) is 13.8 Å². The Bertz CT molecular complexity index is 979. The zero-order valence-corrected chi connectivity index (χ0v) is 25.5. The Kier molecular flexibility index (Phi) is 8.56. The van der Waals surface area contributed by atoms with Gasteiger partial charge in [-0.3, -0.25) is 9.59 Å². The fourth-order valence-corrected chi connectivity index (χ4v) is 9.97. The van der Waals surface area contributed by atoms with Crippen molar-refractivity contribution in [2.24, 2.45) is 28.6 Å². The minimum atomic E-state index is -0.749. The molecule has 38 heavy (non-hydrogen) atoms. The van der Waals surface area contributed by atoms with Crippen LogP contribution in [0.2, 0.25) is 0 Å². The molecule has 0 unspecified atom stereocenters. The van der Waals surface area contributed by atoms with Gasteiger partial charge in [-0.05, 0) is 87.7 Å². The van der Waals surface area contributed by atoms with E-state index < -0.39 is 10.5 Å². The van der Waals surface area contributed by atoms with E-state index in [4.69, 9.17) is 9.47 Å². The summed E-state index contributed by atoms with van der Waals surface area (Å²) >= 11 is 1.68. The molecule has 0 bridgehead atoms. The first-order chi connectivity index (χ1) is 17.7. The van der Waals surface area contributed by atoms with E-state index in [1.54, 1.807) is 17.3 Å². The summed E-state index contributed by atoms with van der Waals surface area (Å²) in [6, 6.07) is 0. The second-order valence-electron chi connectivity index (χ2n) is 13.6.